The van der Waals surface area contributed by atoms with Crippen molar-refractivity contribution in [2.45, 2.75) is 0 Å². The van der Waals surface area contributed by atoms with Crippen molar-refractivity contribution in [3.8, 4) is 0 Å². The molecule has 0 aliphatic heterocycles. The van der Waals surface area contributed by atoms with E-state index in [1.807, 2.05) is 0 Å². The molecule has 0 radical (unpaired) electrons. The lowest BCUT2D eigenvalue weighted by Gasteiger charge is -1.69. The van der Waals surface area contributed by atoms with Crippen LogP contribution in [0.25, 0.3) is 0 Å². The van der Waals surface area contributed by atoms with E-state index in [4.69, 9.17) is 13.0 Å². The van der Waals surface area contributed by atoms with Crippen molar-refractivity contribution in [2.75, 3.05) is 0 Å². The first-order chi connectivity index (χ1) is 2.00. The largest absolute Gasteiger partial charge is 0.283 e. The third-order valence-corrected chi connectivity index (χ3v) is 0. The maximum atomic E-state index is 9.15. The van der Waals surface area contributed by atoms with Gasteiger partial charge in [-0.15, -0.1) is 0 Å². The molecule has 0 amide bonds. The van der Waals surface area contributed by atoms with E-state index in [1.165, 1.54) is 8.44 Å². The molecular formula is H5O3PS2. The zero-order valence-electron chi connectivity index (χ0n) is 2.75. The number of hydrogen-bond acceptors (Lipinski definition) is 2. The normalized spacial score (nSPS) is 9.67. The van der Waals surface area contributed by atoms with Crippen LogP contribution in [0.3, 0.4) is 0 Å². The molecule has 1 N–H and O–H groups in total. The predicted octanol–water partition coefficient (Wildman–Crippen LogP) is -0.223. The topological polar surface area (TPSA) is 54.4 Å². The fourth-order valence-electron chi connectivity index (χ4n) is 0. The summed E-state index contributed by atoms with van der Waals surface area (Å²) in [4.78, 5) is 0. The fraction of sp³-hybridized carbons (Fsp3) is 0. The molecule has 0 rings (SSSR count). The Balaban J connectivity index is 0. The van der Waals surface area contributed by atoms with Gasteiger partial charge in [-0.25, -0.2) is 0 Å². The van der Waals surface area contributed by atoms with Crippen LogP contribution in [0.4, 0.5) is 0 Å². The fourth-order valence-corrected chi connectivity index (χ4v) is 0. The van der Waals surface area contributed by atoms with Gasteiger partial charge in [0, 0.05) is 8.44 Å². The van der Waals surface area contributed by atoms with E-state index in [0.29, 0.717) is 0 Å². The van der Waals surface area contributed by atoms with E-state index < -0.39 is 9.74 Å². The predicted molar refractivity (Wildman–Crippen MR) is 31.6 cm³/mol. The summed E-state index contributed by atoms with van der Waals surface area (Å²) >= 11 is 0. The van der Waals surface area contributed by atoms with E-state index in [-0.39, 0.29) is 13.5 Å². The van der Waals surface area contributed by atoms with Crippen molar-refractivity contribution in [2.24, 2.45) is 0 Å². The maximum Gasteiger partial charge on any atom is 0.275 e. The summed E-state index contributed by atoms with van der Waals surface area (Å²) in [6.07, 6.45) is 0. The van der Waals surface area contributed by atoms with Gasteiger partial charge >= 0.3 is 0 Å². The van der Waals surface area contributed by atoms with Crippen LogP contribution in [0.1, 0.15) is 0 Å². The van der Waals surface area contributed by atoms with E-state index in [9.17, 15) is 0 Å². The molecular weight excluding hydrogens is 143 g/mol. The van der Waals surface area contributed by atoms with E-state index in [2.05, 4.69) is 0 Å². The summed E-state index contributed by atoms with van der Waals surface area (Å²) in [5.41, 5.74) is 0. The molecule has 40 valence electrons. The van der Waals surface area contributed by atoms with Gasteiger partial charge in [0.2, 0.25) is 0 Å². The molecule has 0 bridgehead atoms. The molecule has 0 spiro atoms. The monoisotopic (exact) mass is 148 g/mol. The Bertz CT molecular complexity index is 92.0. The van der Waals surface area contributed by atoms with Gasteiger partial charge in [-0.2, -0.15) is 21.9 Å². The Hall–Kier alpha value is 0.690. The molecule has 0 saturated heterocycles. The Morgan fingerprint density at radius 3 is 1.50 bits per heavy atom. The molecule has 6 heavy (non-hydrogen) atoms. The van der Waals surface area contributed by atoms with Crippen molar-refractivity contribution < 1.29 is 13.0 Å². The van der Waals surface area contributed by atoms with Crippen LogP contribution in [0.2, 0.25) is 0 Å². The van der Waals surface area contributed by atoms with Crippen molar-refractivity contribution in [3.05, 3.63) is 0 Å². The highest BCUT2D eigenvalue weighted by Gasteiger charge is 1.81. The van der Waals surface area contributed by atoms with Crippen LogP contribution in [0.15, 0.2) is 0 Å². The SMILES string of the molecule is O=S(=O)(O)P.S. The molecule has 0 aromatic heterocycles. The highest BCUT2D eigenvalue weighted by molar-refractivity contribution is 8.34. The average molecular weight is 148 g/mol. The van der Waals surface area contributed by atoms with Crippen LogP contribution >= 0.6 is 21.9 Å². The zero-order chi connectivity index (χ0) is 4.50. The molecule has 0 aromatic carbocycles. The van der Waals surface area contributed by atoms with Gasteiger partial charge < -0.3 is 0 Å². The van der Waals surface area contributed by atoms with Gasteiger partial charge in [-0.05, 0) is 0 Å². The highest BCUT2D eigenvalue weighted by Crippen LogP contribution is 1.89. The van der Waals surface area contributed by atoms with Gasteiger partial charge in [0.05, 0.1) is 0 Å². The first-order valence-corrected chi connectivity index (χ1v) is 3.67. The summed E-state index contributed by atoms with van der Waals surface area (Å²) in [5.74, 6) is 0. The first-order valence-electron chi connectivity index (χ1n) is 0.752. The molecule has 6 heteroatoms. The molecule has 0 aliphatic carbocycles. The van der Waals surface area contributed by atoms with Crippen LogP contribution in [-0.2, 0) is 9.74 Å². The second kappa shape index (κ2) is 2.80. The van der Waals surface area contributed by atoms with E-state index in [1.54, 1.807) is 0 Å². The first kappa shape index (κ1) is 9.85. The molecule has 0 saturated carbocycles. The quantitative estimate of drug-likeness (QED) is 0.381. The Labute approximate surface area is 45.3 Å². The average Bonchev–Trinajstić information content (AvgIpc) is 0.722. The smallest absolute Gasteiger partial charge is 0.275 e. The van der Waals surface area contributed by atoms with Crippen LogP contribution in [0.5, 0.6) is 0 Å². The van der Waals surface area contributed by atoms with Crippen LogP contribution in [0, 0.1) is 0 Å². The summed E-state index contributed by atoms with van der Waals surface area (Å²) < 4.78 is 25.8. The van der Waals surface area contributed by atoms with Crippen LogP contribution in [-0.4, -0.2) is 13.0 Å². The van der Waals surface area contributed by atoms with Crippen molar-refractivity contribution in [1.82, 2.24) is 0 Å². The van der Waals surface area contributed by atoms with Gasteiger partial charge in [0.1, 0.15) is 0 Å². The van der Waals surface area contributed by atoms with Crippen LogP contribution < -0.4 is 0 Å². The summed E-state index contributed by atoms with van der Waals surface area (Å²) in [7, 11) is -2.51. The third kappa shape index (κ3) is 134. The molecule has 0 aromatic rings. The second-order valence-corrected chi connectivity index (χ2v) is 3.33. The maximum absolute atomic E-state index is 9.15. The molecule has 1 atom stereocenters. The highest BCUT2D eigenvalue weighted by atomic mass is 32.7. The summed E-state index contributed by atoms with van der Waals surface area (Å²) in [5, 5.41) is 0. The molecule has 0 aliphatic rings. The Kier molecular flexibility index (Phi) is 4.59. The summed E-state index contributed by atoms with van der Waals surface area (Å²) in [6, 6.07) is 0. The lowest BCUT2D eigenvalue weighted by molar-refractivity contribution is 0.503. The standard InChI is InChI=1S/H3O3PS.H2S/c1-5(2,3)4;/h4H2,(H,1,2,3);1H2. The third-order valence-electron chi connectivity index (χ3n) is 0. The van der Waals surface area contributed by atoms with Crippen molar-refractivity contribution in [3.63, 3.8) is 0 Å². The molecule has 3 nitrogen and oxygen atoms in total. The lowest BCUT2D eigenvalue weighted by atomic mass is 15.9. The van der Waals surface area contributed by atoms with Crippen molar-refractivity contribution >= 4 is 31.7 Å². The van der Waals surface area contributed by atoms with Gasteiger partial charge in [-0.1, -0.05) is 0 Å². The molecule has 0 heterocycles. The Morgan fingerprint density at radius 2 is 1.50 bits per heavy atom. The Morgan fingerprint density at radius 1 is 1.50 bits per heavy atom. The molecule has 0 fully saturated rings. The minimum Gasteiger partial charge on any atom is -0.283 e. The van der Waals surface area contributed by atoms with Crippen molar-refractivity contribution in [1.29, 1.82) is 0 Å². The number of rotatable bonds is 0. The van der Waals surface area contributed by atoms with E-state index >= 15 is 0 Å². The number of hydrogen-bond donors (Lipinski definition) is 1. The van der Waals surface area contributed by atoms with Gasteiger partial charge in [0.15, 0.2) is 0 Å². The minimum absolute atomic E-state index is 0. The second-order valence-electron chi connectivity index (χ2n) is 0.515. The van der Waals surface area contributed by atoms with E-state index in [0.717, 1.165) is 0 Å². The zero-order valence-corrected chi connectivity index (χ0v) is 5.72. The lowest BCUT2D eigenvalue weighted by Crippen LogP contribution is -1.76. The molecule has 1 unspecified atom stereocenters. The van der Waals surface area contributed by atoms with Gasteiger partial charge in [-0.3, -0.25) is 4.55 Å². The minimum atomic E-state index is -3.75. The van der Waals surface area contributed by atoms with Gasteiger partial charge in [0.25, 0.3) is 9.74 Å². The summed E-state index contributed by atoms with van der Waals surface area (Å²) in [6.45, 7) is 0.